The highest BCUT2D eigenvalue weighted by Gasteiger charge is 2.62. The molecule has 1 spiro atoms. The zero-order valence-electron chi connectivity index (χ0n) is 12.0. The monoisotopic (exact) mass is 277 g/mol. The third-order valence-corrected chi connectivity index (χ3v) is 6.42. The highest BCUT2D eigenvalue weighted by Crippen LogP contribution is 2.58. The molecule has 2 N–H and O–H groups in total. The summed E-state index contributed by atoms with van der Waals surface area (Å²) in [6, 6.07) is 0. The Morgan fingerprint density at radius 2 is 2.30 bits per heavy atom. The van der Waals surface area contributed by atoms with E-state index in [2.05, 4.69) is 17.9 Å². The van der Waals surface area contributed by atoms with E-state index in [0.717, 1.165) is 37.9 Å². The molecule has 3 aliphatic heterocycles. The fraction of sp³-hybridized carbons (Fsp3) is 0.812. The van der Waals surface area contributed by atoms with Crippen molar-refractivity contribution in [3.05, 3.63) is 11.6 Å². The molecule has 6 atom stereocenters. The van der Waals surface area contributed by atoms with E-state index < -0.39 is 18.0 Å². The van der Waals surface area contributed by atoms with Gasteiger partial charge in [0.25, 0.3) is 0 Å². The third kappa shape index (κ3) is 1.41. The molecule has 3 heterocycles. The summed E-state index contributed by atoms with van der Waals surface area (Å²) in [5.41, 5.74) is 0.988. The van der Waals surface area contributed by atoms with Crippen LogP contribution in [0, 0.1) is 23.7 Å². The van der Waals surface area contributed by atoms with Crippen molar-refractivity contribution >= 4 is 5.97 Å². The van der Waals surface area contributed by atoms with Crippen LogP contribution in [0.5, 0.6) is 0 Å². The lowest BCUT2D eigenvalue weighted by atomic mass is 9.51. The van der Waals surface area contributed by atoms with E-state index in [4.69, 9.17) is 0 Å². The van der Waals surface area contributed by atoms with Crippen molar-refractivity contribution in [2.75, 3.05) is 13.1 Å². The number of aliphatic carboxylic acids is 1. The molecule has 0 aromatic rings. The van der Waals surface area contributed by atoms with Gasteiger partial charge in [-0.3, -0.25) is 9.69 Å². The van der Waals surface area contributed by atoms with Gasteiger partial charge in [0.05, 0.1) is 12.0 Å². The predicted molar refractivity (Wildman–Crippen MR) is 74.1 cm³/mol. The van der Waals surface area contributed by atoms with Crippen molar-refractivity contribution in [1.29, 1.82) is 0 Å². The molecule has 20 heavy (non-hydrogen) atoms. The molecule has 0 amide bonds. The number of nitrogens with zero attached hydrogens (tertiary/aromatic N) is 1. The topological polar surface area (TPSA) is 60.8 Å². The minimum Gasteiger partial charge on any atom is -0.481 e. The lowest BCUT2D eigenvalue weighted by Gasteiger charge is -2.65. The van der Waals surface area contributed by atoms with Gasteiger partial charge in [0, 0.05) is 18.0 Å². The first-order chi connectivity index (χ1) is 9.54. The van der Waals surface area contributed by atoms with E-state index in [-0.39, 0.29) is 11.5 Å². The van der Waals surface area contributed by atoms with Crippen molar-refractivity contribution in [2.24, 2.45) is 23.7 Å². The minimum absolute atomic E-state index is 0.146. The quantitative estimate of drug-likeness (QED) is 0.713. The summed E-state index contributed by atoms with van der Waals surface area (Å²) in [6.45, 7) is 4.41. The Bertz CT molecular complexity index is 488. The average Bonchev–Trinajstić information content (AvgIpc) is 2.41. The molecule has 5 rings (SSSR count). The van der Waals surface area contributed by atoms with E-state index in [0.29, 0.717) is 18.3 Å². The maximum Gasteiger partial charge on any atom is 0.310 e. The van der Waals surface area contributed by atoms with Gasteiger partial charge >= 0.3 is 5.97 Å². The van der Waals surface area contributed by atoms with Gasteiger partial charge in [-0.15, -0.1) is 0 Å². The van der Waals surface area contributed by atoms with Crippen LogP contribution in [0.15, 0.2) is 11.6 Å². The molecule has 2 saturated heterocycles. The van der Waals surface area contributed by atoms with E-state index in [1.807, 2.05) is 0 Å². The number of aliphatic hydroxyl groups is 1. The molecule has 3 fully saturated rings. The maximum absolute atomic E-state index is 11.7. The van der Waals surface area contributed by atoms with Crippen molar-refractivity contribution in [1.82, 2.24) is 4.90 Å². The van der Waals surface area contributed by atoms with Crippen molar-refractivity contribution in [3.63, 3.8) is 0 Å². The van der Waals surface area contributed by atoms with Gasteiger partial charge < -0.3 is 10.2 Å². The van der Waals surface area contributed by atoms with Crippen LogP contribution in [0.3, 0.4) is 0 Å². The third-order valence-electron chi connectivity index (χ3n) is 6.42. The first kappa shape index (κ1) is 12.8. The van der Waals surface area contributed by atoms with Crippen LogP contribution in [-0.4, -0.2) is 45.8 Å². The van der Waals surface area contributed by atoms with Gasteiger partial charge in [0.15, 0.2) is 0 Å². The number of fused-ring (bicyclic) bond motifs is 1. The number of hydrogen-bond acceptors (Lipinski definition) is 3. The zero-order valence-corrected chi connectivity index (χ0v) is 12.0. The van der Waals surface area contributed by atoms with Crippen LogP contribution in [0.2, 0.25) is 0 Å². The van der Waals surface area contributed by atoms with Gasteiger partial charge in [-0.05, 0) is 49.6 Å². The van der Waals surface area contributed by atoms with Gasteiger partial charge in [0.1, 0.15) is 0 Å². The standard InChI is InChI=1S/C16H23NO3/c1-9-7-16-12-3-2-4-17(16)8-10(9)5-13(16)11(15(19)20)6-14(12)18/h5,9-12,14,18H,2-4,6-8H2,1H3,(H,19,20)/t9-,10?,11-,12+,14+,16-/m0/s1. The van der Waals surface area contributed by atoms with E-state index in [1.165, 1.54) is 0 Å². The zero-order chi connectivity index (χ0) is 14.1. The summed E-state index contributed by atoms with van der Waals surface area (Å²) in [7, 11) is 0. The Hall–Kier alpha value is -0.870. The summed E-state index contributed by atoms with van der Waals surface area (Å²) in [6.07, 6.45) is 5.43. The van der Waals surface area contributed by atoms with Gasteiger partial charge in [0.2, 0.25) is 0 Å². The molecule has 2 bridgehead atoms. The lowest BCUT2D eigenvalue weighted by Crippen LogP contribution is -2.71. The second-order valence-corrected chi connectivity index (χ2v) is 7.28. The van der Waals surface area contributed by atoms with Crippen LogP contribution in [0.1, 0.15) is 32.6 Å². The van der Waals surface area contributed by atoms with Crippen LogP contribution in [-0.2, 0) is 4.79 Å². The van der Waals surface area contributed by atoms with E-state index in [9.17, 15) is 15.0 Å². The fourth-order valence-corrected chi connectivity index (χ4v) is 5.59. The van der Waals surface area contributed by atoms with Gasteiger partial charge in [-0.25, -0.2) is 0 Å². The second kappa shape index (κ2) is 4.08. The fourth-order valence-electron chi connectivity index (χ4n) is 5.59. The van der Waals surface area contributed by atoms with Crippen LogP contribution in [0.25, 0.3) is 0 Å². The smallest absolute Gasteiger partial charge is 0.310 e. The number of hydrogen-bond donors (Lipinski definition) is 2. The molecule has 2 aliphatic carbocycles. The highest BCUT2D eigenvalue weighted by atomic mass is 16.4. The van der Waals surface area contributed by atoms with Crippen molar-refractivity contribution in [3.8, 4) is 0 Å². The second-order valence-electron chi connectivity index (χ2n) is 7.28. The number of carboxylic acids is 1. The molecule has 4 heteroatoms. The molecule has 0 aromatic heterocycles. The van der Waals surface area contributed by atoms with Crippen molar-refractivity contribution < 1.29 is 15.0 Å². The highest BCUT2D eigenvalue weighted by molar-refractivity contribution is 5.75. The molecular weight excluding hydrogens is 254 g/mol. The summed E-state index contributed by atoms with van der Waals surface area (Å²) in [5, 5.41) is 20.1. The van der Waals surface area contributed by atoms with Gasteiger partial charge in [-0.2, -0.15) is 0 Å². The van der Waals surface area contributed by atoms with Crippen molar-refractivity contribution in [2.45, 2.75) is 44.2 Å². The Kier molecular flexibility index (Phi) is 2.62. The van der Waals surface area contributed by atoms with Crippen LogP contribution < -0.4 is 0 Å². The molecular formula is C16H23NO3. The molecule has 1 saturated carbocycles. The summed E-state index contributed by atoms with van der Waals surface area (Å²) in [5.74, 6) is 0.117. The predicted octanol–water partition coefficient (Wildman–Crippen LogP) is 1.50. The first-order valence-electron chi connectivity index (χ1n) is 7.92. The summed E-state index contributed by atoms with van der Waals surface area (Å²) >= 11 is 0. The summed E-state index contributed by atoms with van der Waals surface area (Å²) < 4.78 is 0. The Balaban J connectivity index is 1.88. The molecule has 1 unspecified atom stereocenters. The van der Waals surface area contributed by atoms with Crippen LogP contribution in [0.4, 0.5) is 0 Å². The number of aliphatic hydroxyl groups excluding tert-OH is 1. The maximum atomic E-state index is 11.7. The van der Waals surface area contributed by atoms with Gasteiger partial charge in [-0.1, -0.05) is 13.0 Å². The largest absolute Gasteiger partial charge is 0.481 e. The number of carboxylic acid groups (broad SMARTS) is 1. The average molecular weight is 277 g/mol. The Morgan fingerprint density at radius 1 is 1.50 bits per heavy atom. The molecule has 0 radical (unpaired) electrons. The summed E-state index contributed by atoms with van der Waals surface area (Å²) in [4.78, 5) is 14.2. The molecule has 5 aliphatic rings. The van der Waals surface area contributed by atoms with Crippen LogP contribution >= 0.6 is 0 Å². The lowest BCUT2D eigenvalue weighted by molar-refractivity contribution is -0.154. The number of carbonyl (C=O) groups is 1. The Morgan fingerprint density at radius 3 is 3.05 bits per heavy atom. The number of rotatable bonds is 1. The van der Waals surface area contributed by atoms with E-state index >= 15 is 0 Å². The molecule has 4 nitrogen and oxygen atoms in total. The number of piperidine rings is 2. The minimum atomic E-state index is -0.756. The van der Waals surface area contributed by atoms with E-state index in [1.54, 1.807) is 0 Å². The first-order valence-corrected chi connectivity index (χ1v) is 7.92. The Labute approximate surface area is 119 Å². The SMILES string of the molecule is C[C@H]1C[C@]23C4=CC1CN2CCC[C@@H]3[C@H](O)C[C@@H]4C(=O)O. The normalized spacial score (nSPS) is 50.5. The molecule has 110 valence electrons. The molecule has 0 aromatic carbocycles.